The van der Waals surface area contributed by atoms with Crippen molar-refractivity contribution in [3.8, 4) is 6.07 Å². The molecule has 7 nitrogen and oxygen atoms in total. The molecule has 0 unspecified atom stereocenters. The van der Waals surface area contributed by atoms with E-state index >= 15 is 0 Å². The second-order valence-electron chi connectivity index (χ2n) is 9.33. The maximum atomic E-state index is 11.0. The molecule has 3 aromatic carbocycles. The van der Waals surface area contributed by atoms with Crippen LogP contribution in [0.15, 0.2) is 72.8 Å². The number of rotatable bonds is 8. The van der Waals surface area contributed by atoms with Crippen LogP contribution in [-0.2, 0) is 13.0 Å². The molecular weight excluding hydrogens is 450 g/mol. The lowest BCUT2D eigenvalue weighted by molar-refractivity contribution is 0.0697. The molecule has 2 N–H and O–H groups in total. The van der Waals surface area contributed by atoms with Crippen molar-refractivity contribution in [2.45, 2.75) is 31.8 Å². The van der Waals surface area contributed by atoms with Crippen molar-refractivity contribution in [3.63, 3.8) is 0 Å². The number of hydrogen-bond acceptors (Lipinski definition) is 5. The Morgan fingerprint density at radius 3 is 2.39 bits per heavy atom. The van der Waals surface area contributed by atoms with Crippen molar-refractivity contribution < 1.29 is 9.90 Å². The van der Waals surface area contributed by atoms with Crippen LogP contribution in [0.5, 0.6) is 0 Å². The van der Waals surface area contributed by atoms with Gasteiger partial charge in [0.25, 0.3) is 0 Å². The summed E-state index contributed by atoms with van der Waals surface area (Å²) < 4.78 is 2.23. The van der Waals surface area contributed by atoms with Gasteiger partial charge in [0.1, 0.15) is 0 Å². The fourth-order valence-electron chi connectivity index (χ4n) is 4.80. The Morgan fingerprint density at radius 2 is 1.69 bits per heavy atom. The number of likely N-dealkylation sites (tertiary alicyclic amines) is 1. The quantitative estimate of drug-likeness (QED) is 0.378. The fraction of sp³-hybridized carbons (Fsp3) is 0.276. The molecule has 0 radical (unpaired) electrons. The summed E-state index contributed by atoms with van der Waals surface area (Å²) in [7, 11) is 0. The molecule has 0 aliphatic carbocycles. The highest BCUT2D eigenvalue weighted by atomic mass is 16.4. The number of carboxylic acids is 1. The fourth-order valence-corrected chi connectivity index (χ4v) is 4.80. The number of benzene rings is 3. The Labute approximate surface area is 210 Å². The minimum absolute atomic E-state index is 0.329. The van der Waals surface area contributed by atoms with E-state index in [1.165, 1.54) is 0 Å². The van der Waals surface area contributed by atoms with Crippen molar-refractivity contribution in [1.82, 2.24) is 14.5 Å². The SMILES string of the molecule is N#Cc1ccc(Cn2c(NC3CCN(CCc4ccc(C(=O)O)cc4)CC3)nc3ccccc32)cc1. The van der Waals surface area contributed by atoms with Crippen LogP contribution in [0.3, 0.4) is 0 Å². The number of carboxylic acid groups (broad SMARTS) is 1. The third-order valence-electron chi connectivity index (χ3n) is 6.92. The summed E-state index contributed by atoms with van der Waals surface area (Å²) in [6.07, 6.45) is 2.99. The predicted molar refractivity (Wildman–Crippen MR) is 140 cm³/mol. The first kappa shape index (κ1) is 23.6. The molecular formula is C29H29N5O2. The van der Waals surface area contributed by atoms with Gasteiger partial charge in [0.2, 0.25) is 5.95 Å². The van der Waals surface area contributed by atoms with E-state index in [2.05, 4.69) is 26.9 Å². The van der Waals surface area contributed by atoms with E-state index in [0.29, 0.717) is 23.7 Å². The Hall–Kier alpha value is -4.15. The molecule has 2 heterocycles. The van der Waals surface area contributed by atoms with Gasteiger partial charge in [-0.3, -0.25) is 0 Å². The maximum absolute atomic E-state index is 11.0. The first-order valence-electron chi connectivity index (χ1n) is 12.3. The van der Waals surface area contributed by atoms with Gasteiger partial charge in [-0.2, -0.15) is 5.26 Å². The van der Waals surface area contributed by atoms with E-state index in [-0.39, 0.29) is 0 Å². The van der Waals surface area contributed by atoms with Crippen LogP contribution in [0.2, 0.25) is 0 Å². The number of aromatic carboxylic acids is 1. The zero-order chi connectivity index (χ0) is 24.9. The van der Waals surface area contributed by atoms with Gasteiger partial charge < -0.3 is 19.9 Å². The third-order valence-corrected chi connectivity index (χ3v) is 6.92. The van der Waals surface area contributed by atoms with Gasteiger partial charge in [0.05, 0.1) is 34.8 Å². The van der Waals surface area contributed by atoms with E-state index in [0.717, 1.165) is 67.0 Å². The highest BCUT2D eigenvalue weighted by molar-refractivity contribution is 5.87. The summed E-state index contributed by atoms with van der Waals surface area (Å²) in [6, 6.07) is 25.6. The summed E-state index contributed by atoms with van der Waals surface area (Å²) in [5.74, 6) is -0.000847. The molecule has 1 aliphatic rings. The molecule has 36 heavy (non-hydrogen) atoms. The molecule has 5 rings (SSSR count). The summed E-state index contributed by atoms with van der Waals surface area (Å²) >= 11 is 0. The number of fused-ring (bicyclic) bond motifs is 1. The zero-order valence-electron chi connectivity index (χ0n) is 20.1. The van der Waals surface area contributed by atoms with Gasteiger partial charge in [-0.05, 0) is 66.8 Å². The molecule has 1 aliphatic heterocycles. The van der Waals surface area contributed by atoms with E-state index in [9.17, 15) is 4.79 Å². The number of nitrogens with one attached hydrogen (secondary N) is 1. The summed E-state index contributed by atoms with van der Waals surface area (Å²) in [5.41, 5.74) is 5.35. The van der Waals surface area contributed by atoms with Crippen LogP contribution in [0.4, 0.5) is 5.95 Å². The van der Waals surface area contributed by atoms with E-state index in [1.54, 1.807) is 12.1 Å². The van der Waals surface area contributed by atoms with Gasteiger partial charge >= 0.3 is 5.97 Å². The summed E-state index contributed by atoms with van der Waals surface area (Å²) in [6.45, 7) is 3.69. The van der Waals surface area contributed by atoms with Gasteiger partial charge in [-0.15, -0.1) is 0 Å². The van der Waals surface area contributed by atoms with E-state index in [1.807, 2.05) is 54.6 Å². The van der Waals surface area contributed by atoms with Gasteiger partial charge in [-0.25, -0.2) is 9.78 Å². The van der Waals surface area contributed by atoms with Gasteiger partial charge in [0.15, 0.2) is 0 Å². The average Bonchev–Trinajstić information content (AvgIpc) is 3.25. The van der Waals surface area contributed by atoms with E-state index < -0.39 is 5.97 Å². The molecule has 1 aromatic heterocycles. The lowest BCUT2D eigenvalue weighted by Crippen LogP contribution is -2.40. The van der Waals surface area contributed by atoms with Crippen molar-refractivity contribution in [2.24, 2.45) is 0 Å². The standard InChI is InChI=1S/C29H29N5O2/c30-19-22-5-7-23(8-6-22)20-34-27-4-2-1-3-26(27)32-29(34)31-25-14-17-33(18-15-25)16-13-21-9-11-24(12-10-21)28(35)36/h1-12,25H,13-18,20H2,(H,31,32)(H,35,36). The summed E-state index contributed by atoms with van der Waals surface area (Å²) in [4.78, 5) is 18.4. The molecule has 7 heteroatoms. The lowest BCUT2D eigenvalue weighted by Gasteiger charge is -2.32. The molecule has 0 bridgehead atoms. The Morgan fingerprint density at radius 1 is 1.00 bits per heavy atom. The first-order valence-corrected chi connectivity index (χ1v) is 12.3. The number of hydrogen-bond donors (Lipinski definition) is 2. The second-order valence-corrected chi connectivity index (χ2v) is 9.33. The Bertz CT molecular complexity index is 1380. The number of aromatic nitrogens is 2. The monoisotopic (exact) mass is 479 g/mol. The van der Waals surface area contributed by atoms with Crippen LogP contribution in [-0.4, -0.2) is 51.2 Å². The number of piperidine rings is 1. The molecule has 1 saturated heterocycles. The largest absolute Gasteiger partial charge is 0.478 e. The minimum Gasteiger partial charge on any atom is -0.478 e. The van der Waals surface area contributed by atoms with Gasteiger partial charge in [-0.1, -0.05) is 36.4 Å². The van der Waals surface area contributed by atoms with E-state index in [4.69, 9.17) is 15.4 Å². The minimum atomic E-state index is -0.887. The number of anilines is 1. The first-order chi connectivity index (χ1) is 17.6. The number of nitriles is 1. The Balaban J connectivity index is 1.21. The van der Waals surface area contributed by atoms with Crippen molar-refractivity contribution in [2.75, 3.05) is 25.0 Å². The Kier molecular flexibility index (Phi) is 6.96. The number of carbonyl (C=O) groups is 1. The molecule has 0 amide bonds. The molecule has 182 valence electrons. The van der Waals surface area contributed by atoms with Crippen LogP contribution >= 0.6 is 0 Å². The number of nitrogens with zero attached hydrogens (tertiary/aromatic N) is 4. The second kappa shape index (κ2) is 10.6. The number of imidazole rings is 1. The van der Waals surface area contributed by atoms with Crippen LogP contribution in [0.1, 0.15) is 39.9 Å². The van der Waals surface area contributed by atoms with Crippen molar-refractivity contribution in [3.05, 3.63) is 95.1 Å². The topological polar surface area (TPSA) is 94.2 Å². The lowest BCUT2D eigenvalue weighted by atomic mass is 10.0. The smallest absolute Gasteiger partial charge is 0.335 e. The zero-order valence-corrected chi connectivity index (χ0v) is 20.1. The predicted octanol–water partition coefficient (Wildman–Crippen LogP) is 4.77. The molecule has 0 atom stereocenters. The third kappa shape index (κ3) is 5.40. The van der Waals surface area contributed by atoms with Crippen molar-refractivity contribution >= 4 is 23.0 Å². The molecule has 0 saturated carbocycles. The maximum Gasteiger partial charge on any atom is 0.335 e. The average molecular weight is 480 g/mol. The van der Waals surface area contributed by atoms with Crippen molar-refractivity contribution in [1.29, 1.82) is 5.26 Å². The van der Waals surface area contributed by atoms with Crippen LogP contribution in [0, 0.1) is 11.3 Å². The summed E-state index contributed by atoms with van der Waals surface area (Å²) in [5, 5.41) is 21.9. The van der Waals surface area contributed by atoms with Crippen LogP contribution in [0.25, 0.3) is 11.0 Å². The molecule has 1 fully saturated rings. The van der Waals surface area contributed by atoms with Gasteiger partial charge in [0, 0.05) is 25.7 Å². The highest BCUT2D eigenvalue weighted by Crippen LogP contribution is 2.24. The molecule has 4 aromatic rings. The highest BCUT2D eigenvalue weighted by Gasteiger charge is 2.21. The molecule has 0 spiro atoms. The number of para-hydroxylation sites is 2. The van der Waals surface area contributed by atoms with Crippen LogP contribution < -0.4 is 5.32 Å². The normalized spacial score (nSPS) is 14.5.